The Morgan fingerprint density at radius 1 is 1.41 bits per heavy atom. The Hall–Kier alpha value is -3.11. The predicted molar refractivity (Wildman–Crippen MR) is 78.6 cm³/mol. The Bertz CT molecular complexity index is 833. The molecule has 0 spiro atoms. The van der Waals surface area contributed by atoms with Crippen LogP contribution >= 0.6 is 11.6 Å². The first kappa shape index (κ1) is 15.3. The number of primary amides is 1. The molecule has 2 aromatic rings. The minimum atomic E-state index is -0.881. The van der Waals surface area contributed by atoms with Crippen molar-refractivity contribution in [1.29, 1.82) is 5.26 Å². The van der Waals surface area contributed by atoms with Gasteiger partial charge in [0.05, 0.1) is 9.95 Å². The van der Waals surface area contributed by atoms with Crippen LogP contribution in [-0.4, -0.2) is 10.8 Å². The van der Waals surface area contributed by atoms with Crippen molar-refractivity contribution in [2.45, 2.75) is 0 Å². The van der Waals surface area contributed by atoms with Gasteiger partial charge < -0.3 is 10.2 Å². The molecule has 7 nitrogen and oxygen atoms in total. The first-order valence-corrected chi connectivity index (χ1v) is 6.26. The summed E-state index contributed by atoms with van der Waals surface area (Å²) < 4.78 is 5.43. The lowest BCUT2D eigenvalue weighted by molar-refractivity contribution is -0.384. The summed E-state index contributed by atoms with van der Waals surface area (Å²) in [5, 5.41) is 19.8. The molecule has 1 amide bonds. The number of nitro groups is 1. The number of nitriles is 1. The number of furan rings is 1. The van der Waals surface area contributed by atoms with E-state index in [1.54, 1.807) is 6.07 Å². The van der Waals surface area contributed by atoms with Crippen LogP contribution in [-0.2, 0) is 4.79 Å². The van der Waals surface area contributed by atoms with Gasteiger partial charge >= 0.3 is 0 Å². The standard InChI is InChI=1S/C14H8ClN3O4/c15-12-3-1-9(18(20)21)6-11(12)13-4-2-10(22-13)5-8(7-16)14(17)19/h1-6H,(H2,17,19)/b8-5-. The van der Waals surface area contributed by atoms with Crippen molar-refractivity contribution in [3.05, 3.63) is 56.8 Å². The van der Waals surface area contributed by atoms with Crippen molar-refractivity contribution in [1.82, 2.24) is 0 Å². The Morgan fingerprint density at radius 3 is 2.73 bits per heavy atom. The highest BCUT2D eigenvalue weighted by molar-refractivity contribution is 6.33. The number of amides is 1. The molecule has 0 aliphatic rings. The lowest BCUT2D eigenvalue weighted by atomic mass is 10.1. The van der Waals surface area contributed by atoms with Crippen molar-refractivity contribution in [2.75, 3.05) is 0 Å². The summed E-state index contributed by atoms with van der Waals surface area (Å²) in [4.78, 5) is 21.2. The van der Waals surface area contributed by atoms with Gasteiger partial charge in [-0.2, -0.15) is 5.26 Å². The van der Waals surface area contributed by atoms with Gasteiger partial charge in [-0.15, -0.1) is 0 Å². The molecule has 2 N–H and O–H groups in total. The maximum atomic E-state index is 11.0. The van der Waals surface area contributed by atoms with Crippen molar-refractivity contribution in [3.8, 4) is 17.4 Å². The Kier molecular flexibility index (Phi) is 4.25. The molecule has 0 unspecified atom stereocenters. The van der Waals surface area contributed by atoms with Crippen LogP contribution in [0.2, 0.25) is 5.02 Å². The van der Waals surface area contributed by atoms with Crippen molar-refractivity contribution in [2.24, 2.45) is 5.73 Å². The molecule has 2 rings (SSSR count). The number of non-ortho nitro benzene ring substituents is 1. The second-order valence-corrected chi connectivity index (χ2v) is 4.56. The minimum Gasteiger partial charge on any atom is -0.457 e. The Labute approximate surface area is 129 Å². The van der Waals surface area contributed by atoms with Crippen LogP contribution in [0.4, 0.5) is 5.69 Å². The van der Waals surface area contributed by atoms with E-state index in [-0.39, 0.29) is 27.8 Å². The third-order valence-corrected chi connectivity index (χ3v) is 3.06. The molecule has 8 heteroatoms. The average molecular weight is 318 g/mol. The van der Waals surface area contributed by atoms with Crippen LogP contribution < -0.4 is 5.73 Å². The van der Waals surface area contributed by atoms with Crippen LogP contribution in [0.5, 0.6) is 0 Å². The fourth-order valence-corrected chi connectivity index (χ4v) is 1.90. The molecule has 1 aromatic heterocycles. The molecule has 0 saturated carbocycles. The lowest BCUT2D eigenvalue weighted by Crippen LogP contribution is -2.12. The van der Waals surface area contributed by atoms with Crippen LogP contribution in [0.1, 0.15) is 5.76 Å². The number of halogens is 1. The van der Waals surface area contributed by atoms with Crippen LogP contribution in [0, 0.1) is 21.4 Å². The summed E-state index contributed by atoms with van der Waals surface area (Å²) in [5.41, 5.74) is 4.94. The van der Waals surface area contributed by atoms with E-state index in [4.69, 9.17) is 27.0 Å². The monoisotopic (exact) mass is 317 g/mol. The highest BCUT2D eigenvalue weighted by Crippen LogP contribution is 2.32. The molecule has 1 heterocycles. The summed E-state index contributed by atoms with van der Waals surface area (Å²) in [6, 6.07) is 8.59. The molecular formula is C14H8ClN3O4. The minimum absolute atomic E-state index is 0.136. The van der Waals surface area contributed by atoms with Crippen LogP contribution in [0.15, 0.2) is 40.3 Å². The van der Waals surface area contributed by atoms with Gasteiger partial charge in [-0.3, -0.25) is 14.9 Å². The number of carbonyl (C=O) groups excluding carboxylic acids is 1. The molecule has 0 saturated heterocycles. The zero-order chi connectivity index (χ0) is 16.3. The number of nitrogens with zero attached hydrogens (tertiary/aromatic N) is 2. The topological polar surface area (TPSA) is 123 Å². The van der Waals surface area contributed by atoms with Gasteiger partial charge in [-0.1, -0.05) is 11.6 Å². The fourth-order valence-electron chi connectivity index (χ4n) is 1.69. The maximum Gasteiger partial charge on any atom is 0.270 e. The molecule has 22 heavy (non-hydrogen) atoms. The largest absolute Gasteiger partial charge is 0.457 e. The summed E-state index contributed by atoms with van der Waals surface area (Å²) >= 11 is 6.00. The SMILES string of the molecule is N#C/C(=C/c1ccc(-c2cc([N+](=O)[O-])ccc2Cl)o1)C(N)=O. The van der Waals surface area contributed by atoms with Gasteiger partial charge in [0, 0.05) is 23.8 Å². The summed E-state index contributed by atoms with van der Waals surface area (Å²) in [6.07, 6.45) is 1.18. The summed E-state index contributed by atoms with van der Waals surface area (Å²) in [5.74, 6) is -0.413. The number of hydrogen-bond acceptors (Lipinski definition) is 5. The van der Waals surface area contributed by atoms with Gasteiger partial charge in [0.15, 0.2) is 0 Å². The van der Waals surface area contributed by atoms with Crippen LogP contribution in [0.25, 0.3) is 17.4 Å². The quantitative estimate of drug-likeness (QED) is 0.402. The van der Waals surface area contributed by atoms with E-state index in [1.807, 2.05) is 0 Å². The number of rotatable bonds is 4. The van der Waals surface area contributed by atoms with E-state index in [1.165, 1.54) is 36.4 Å². The molecule has 1 aromatic carbocycles. The zero-order valence-corrected chi connectivity index (χ0v) is 11.7. The highest BCUT2D eigenvalue weighted by Gasteiger charge is 2.14. The average Bonchev–Trinajstić information content (AvgIpc) is 2.93. The first-order chi connectivity index (χ1) is 10.4. The molecule has 0 atom stereocenters. The second-order valence-electron chi connectivity index (χ2n) is 4.16. The molecule has 0 bridgehead atoms. The van der Waals surface area contributed by atoms with E-state index < -0.39 is 10.8 Å². The lowest BCUT2D eigenvalue weighted by Gasteiger charge is -2.00. The smallest absolute Gasteiger partial charge is 0.270 e. The van der Waals surface area contributed by atoms with Gasteiger partial charge in [0.25, 0.3) is 11.6 Å². The van der Waals surface area contributed by atoms with E-state index >= 15 is 0 Å². The molecule has 0 radical (unpaired) electrons. The van der Waals surface area contributed by atoms with Crippen LogP contribution in [0.3, 0.4) is 0 Å². The number of benzene rings is 1. The molecular weight excluding hydrogens is 310 g/mol. The van der Waals surface area contributed by atoms with Gasteiger partial charge in [0.2, 0.25) is 0 Å². The van der Waals surface area contributed by atoms with Gasteiger partial charge in [0.1, 0.15) is 23.2 Å². The first-order valence-electron chi connectivity index (χ1n) is 5.88. The second kappa shape index (κ2) is 6.11. The third-order valence-electron chi connectivity index (χ3n) is 2.73. The normalized spacial score (nSPS) is 11.0. The maximum absolute atomic E-state index is 11.0. The summed E-state index contributed by atoms with van der Waals surface area (Å²) in [6.45, 7) is 0. The number of hydrogen-bond donors (Lipinski definition) is 1. The third kappa shape index (κ3) is 3.13. The molecule has 110 valence electrons. The van der Waals surface area contributed by atoms with Gasteiger partial charge in [-0.05, 0) is 18.2 Å². The van der Waals surface area contributed by atoms with E-state index in [2.05, 4.69) is 0 Å². The van der Waals surface area contributed by atoms with E-state index in [0.717, 1.165) is 0 Å². The number of nitrogens with two attached hydrogens (primary N) is 1. The Morgan fingerprint density at radius 2 is 2.14 bits per heavy atom. The Balaban J connectivity index is 2.45. The molecule has 0 aliphatic heterocycles. The summed E-state index contributed by atoms with van der Waals surface area (Å²) in [7, 11) is 0. The van der Waals surface area contributed by atoms with Gasteiger partial charge in [-0.25, -0.2) is 0 Å². The zero-order valence-electron chi connectivity index (χ0n) is 10.9. The number of nitro benzene ring substituents is 1. The van der Waals surface area contributed by atoms with Crippen molar-refractivity contribution < 1.29 is 14.1 Å². The molecule has 0 fully saturated rings. The van der Waals surface area contributed by atoms with E-state index in [9.17, 15) is 14.9 Å². The van der Waals surface area contributed by atoms with E-state index in [0.29, 0.717) is 5.56 Å². The molecule has 0 aliphatic carbocycles. The van der Waals surface area contributed by atoms with Crippen molar-refractivity contribution >= 4 is 29.3 Å². The predicted octanol–water partition coefficient (Wildman–Crippen LogP) is 2.90. The highest BCUT2D eigenvalue weighted by atomic mass is 35.5. The van der Waals surface area contributed by atoms with Crippen molar-refractivity contribution in [3.63, 3.8) is 0 Å². The fraction of sp³-hybridized carbons (Fsp3) is 0. The number of carbonyl (C=O) groups is 1.